The van der Waals surface area contributed by atoms with Gasteiger partial charge in [-0.15, -0.1) is 0 Å². The average molecular weight is 324 g/mol. The molecule has 3 rings (SSSR count). The number of hydrogen-bond donors (Lipinski definition) is 1. The number of pyridine rings is 1. The van der Waals surface area contributed by atoms with Gasteiger partial charge in [-0.05, 0) is 36.8 Å². The van der Waals surface area contributed by atoms with Crippen molar-refractivity contribution in [2.24, 2.45) is 5.10 Å². The van der Waals surface area contributed by atoms with Gasteiger partial charge in [0.2, 0.25) is 0 Å². The van der Waals surface area contributed by atoms with Crippen LogP contribution in [0.15, 0.2) is 59.7 Å². The maximum absolute atomic E-state index is 12.3. The average Bonchev–Trinajstić information content (AvgIpc) is 2.54. The van der Waals surface area contributed by atoms with Crippen molar-refractivity contribution in [1.29, 1.82) is 0 Å². The molecule has 0 aliphatic carbocycles. The molecule has 0 saturated heterocycles. The summed E-state index contributed by atoms with van der Waals surface area (Å²) in [7, 11) is 0. The number of carbonyl (C=O) groups excluding carboxylic acids is 1. The Hall–Kier alpha value is -2.72. The molecule has 1 N–H and O–H groups in total. The maximum atomic E-state index is 12.3. The Morgan fingerprint density at radius 1 is 1.17 bits per heavy atom. The van der Waals surface area contributed by atoms with E-state index in [2.05, 4.69) is 15.5 Å². The number of amides is 1. The van der Waals surface area contributed by atoms with E-state index in [1.54, 1.807) is 18.3 Å². The number of hydrazone groups is 1. The van der Waals surface area contributed by atoms with Gasteiger partial charge in [0.25, 0.3) is 5.91 Å². The van der Waals surface area contributed by atoms with Crippen LogP contribution in [-0.2, 0) is 0 Å². The summed E-state index contributed by atoms with van der Waals surface area (Å²) in [4.78, 5) is 16.7. The summed E-state index contributed by atoms with van der Waals surface area (Å²) in [5, 5.41) is 5.51. The van der Waals surface area contributed by atoms with Gasteiger partial charge >= 0.3 is 0 Å². The Morgan fingerprint density at radius 2 is 2.00 bits per heavy atom. The highest BCUT2D eigenvalue weighted by atomic mass is 35.5. The third-order valence-electron chi connectivity index (χ3n) is 3.39. The number of nitrogens with one attached hydrogen (secondary N) is 1. The summed E-state index contributed by atoms with van der Waals surface area (Å²) in [6, 6.07) is 16.7. The topological polar surface area (TPSA) is 54.4 Å². The lowest BCUT2D eigenvalue weighted by Crippen LogP contribution is -2.19. The second-order valence-electron chi connectivity index (χ2n) is 5.07. The van der Waals surface area contributed by atoms with Crippen LogP contribution < -0.4 is 5.43 Å². The third kappa shape index (κ3) is 3.55. The minimum absolute atomic E-state index is 0.293. The SMILES string of the molecule is Cc1nc2ccccc2cc1C(=O)N/N=C/c1cccc(Cl)c1. The Balaban J connectivity index is 1.79. The Labute approximate surface area is 138 Å². The van der Waals surface area contributed by atoms with Crippen LogP contribution in [0.5, 0.6) is 0 Å². The molecule has 2 aromatic carbocycles. The van der Waals surface area contributed by atoms with E-state index >= 15 is 0 Å². The number of halogens is 1. The monoisotopic (exact) mass is 323 g/mol. The molecule has 0 aliphatic rings. The molecular formula is C18H14ClN3O. The molecular weight excluding hydrogens is 310 g/mol. The smallest absolute Gasteiger partial charge is 0.267 e. The van der Waals surface area contributed by atoms with Crippen LogP contribution in [0.4, 0.5) is 0 Å². The van der Waals surface area contributed by atoms with E-state index in [0.717, 1.165) is 16.5 Å². The lowest BCUT2D eigenvalue weighted by molar-refractivity contribution is 0.0954. The van der Waals surface area contributed by atoms with E-state index in [0.29, 0.717) is 16.3 Å². The zero-order valence-corrected chi connectivity index (χ0v) is 13.2. The molecule has 4 nitrogen and oxygen atoms in total. The first-order chi connectivity index (χ1) is 11.1. The van der Waals surface area contributed by atoms with Crippen molar-refractivity contribution in [2.75, 3.05) is 0 Å². The van der Waals surface area contributed by atoms with Crippen molar-refractivity contribution in [3.63, 3.8) is 0 Å². The number of carbonyl (C=O) groups is 1. The number of fused-ring (bicyclic) bond motifs is 1. The van der Waals surface area contributed by atoms with Gasteiger partial charge in [-0.25, -0.2) is 5.43 Å². The number of aromatic nitrogens is 1. The first-order valence-electron chi connectivity index (χ1n) is 7.09. The molecule has 0 bridgehead atoms. The second-order valence-corrected chi connectivity index (χ2v) is 5.50. The zero-order valence-electron chi connectivity index (χ0n) is 12.5. The first-order valence-corrected chi connectivity index (χ1v) is 7.46. The maximum Gasteiger partial charge on any atom is 0.273 e. The lowest BCUT2D eigenvalue weighted by atomic mass is 10.1. The van der Waals surface area contributed by atoms with Gasteiger partial charge in [-0.3, -0.25) is 9.78 Å². The van der Waals surface area contributed by atoms with Crippen LogP contribution in [0.2, 0.25) is 5.02 Å². The highest BCUT2D eigenvalue weighted by molar-refractivity contribution is 6.30. The van der Waals surface area contributed by atoms with E-state index in [1.165, 1.54) is 0 Å². The van der Waals surface area contributed by atoms with Crippen LogP contribution in [0.1, 0.15) is 21.6 Å². The standard InChI is InChI=1S/C18H14ClN3O/c1-12-16(10-14-6-2-3-8-17(14)21-12)18(23)22-20-11-13-5-4-7-15(19)9-13/h2-11H,1H3,(H,22,23)/b20-11+. The molecule has 0 spiro atoms. The van der Waals surface area contributed by atoms with Gasteiger partial charge in [0.05, 0.1) is 23.0 Å². The second kappa shape index (κ2) is 6.58. The van der Waals surface area contributed by atoms with Crippen molar-refractivity contribution in [3.05, 3.63) is 76.4 Å². The summed E-state index contributed by atoms with van der Waals surface area (Å²) < 4.78 is 0. The summed E-state index contributed by atoms with van der Waals surface area (Å²) in [6.07, 6.45) is 1.55. The highest BCUT2D eigenvalue weighted by Crippen LogP contribution is 2.16. The van der Waals surface area contributed by atoms with Gasteiger partial charge < -0.3 is 0 Å². The van der Waals surface area contributed by atoms with Crippen LogP contribution in [-0.4, -0.2) is 17.1 Å². The molecule has 0 saturated carbocycles. The fraction of sp³-hybridized carbons (Fsp3) is 0.0556. The van der Waals surface area contributed by atoms with Crippen LogP contribution in [0, 0.1) is 6.92 Å². The molecule has 5 heteroatoms. The Bertz CT molecular complexity index is 906. The van der Waals surface area contributed by atoms with Crippen LogP contribution >= 0.6 is 11.6 Å². The summed E-state index contributed by atoms with van der Waals surface area (Å²) in [6.45, 7) is 1.81. The van der Waals surface area contributed by atoms with E-state index in [-0.39, 0.29) is 5.91 Å². The number of nitrogens with zero attached hydrogens (tertiary/aromatic N) is 2. The predicted molar refractivity (Wildman–Crippen MR) is 93.0 cm³/mol. The van der Waals surface area contributed by atoms with Crippen molar-refractivity contribution in [2.45, 2.75) is 6.92 Å². The largest absolute Gasteiger partial charge is 0.273 e. The van der Waals surface area contributed by atoms with Gasteiger partial charge in [0, 0.05) is 10.4 Å². The molecule has 0 radical (unpaired) electrons. The fourth-order valence-corrected chi connectivity index (χ4v) is 2.45. The fourth-order valence-electron chi connectivity index (χ4n) is 2.25. The molecule has 1 aromatic heterocycles. The summed E-state index contributed by atoms with van der Waals surface area (Å²) >= 11 is 5.90. The van der Waals surface area contributed by atoms with Gasteiger partial charge in [-0.1, -0.05) is 41.9 Å². The Morgan fingerprint density at radius 3 is 2.83 bits per heavy atom. The van der Waals surface area contributed by atoms with Gasteiger partial charge in [0.15, 0.2) is 0 Å². The molecule has 114 valence electrons. The number of para-hydroxylation sites is 1. The van der Waals surface area contributed by atoms with E-state index in [4.69, 9.17) is 11.6 Å². The number of hydrogen-bond acceptors (Lipinski definition) is 3. The minimum atomic E-state index is -0.293. The van der Waals surface area contributed by atoms with Crippen molar-refractivity contribution in [1.82, 2.24) is 10.4 Å². The van der Waals surface area contributed by atoms with E-state index in [9.17, 15) is 4.79 Å². The van der Waals surface area contributed by atoms with Crippen LogP contribution in [0.25, 0.3) is 10.9 Å². The quantitative estimate of drug-likeness (QED) is 0.586. The van der Waals surface area contributed by atoms with Gasteiger partial charge in [0.1, 0.15) is 0 Å². The van der Waals surface area contributed by atoms with E-state index in [1.807, 2.05) is 49.4 Å². The molecule has 3 aromatic rings. The molecule has 0 unspecified atom stereocenters. The highest BCUT2D eigenvalue weighted by Gasteiger charge is 2.10. The number of benzene rings is 2. The van der Waals surface area contributed by atoms with Gasteiger partial charge in [-0.2, -0.15) is 5.10 Å². The van der Waals surface area contributed by atoms with Crippen molar-refractivity contribution >= 4 is 34.6 Å². The molecule has 0 aliphatic heterocycles. The normalized spacial score (nSPS) is 11.0. The Kier molecular flexibility index (Phi) is 4.35. The van der Waals surface area contributed by atoms with E-state index < -0.39 is 0 Å². The van der Waals surface area contributed by atoms with Crippen molar-refractivity contribution in [3.8, 4) is 0 Å². The molecule has 0 fully saturated rings. The lowest BCUT2D eigenvalue weighted by Gasteiger charge is -2.06. The predicted octanol–water partition coefficient (Wildman–Crippen LogP) is 3.96. The number of aryl methyl sites for hydroxylation is 1. The molecule has 0 atom stereocenters. The summed E-state index contributed by atoms with van der Waals surface area (Å²) in [5.74, 6) is -0.293. The zero-order chi connectivity index (χ0) is 16.2. The molecule has 23 heavy (non-hydrogen) atoms. The first kappa shape index (κ1) is 15.2. The summed E-state index contributed by atoms with van der Waals surface area (Å²) in [5.41, 5.74) is 5.37. The molecule has 1 heterocycles. The minimum Gasteiger partial charge on any atom is -0.267 e. The van der Waals surface area contributed by atoms with Crippen LogP contribution in [0.3, 0.4) is 0 Å². The number of rotatable bonds is 3. The van der Waals surface area contributed by atoms with Crippen molar-refractivity contribution < 1.29 is 4.79 Å². The molecule has 1 amide bonds. The third-order valence-corrected chi connectivity index (χ3v) is 3.62.